The average Bonchev–Trinajstić information content (AvgIpc) is 2.75. The van der Waals surface area contributed by atoms with E-state index in [0.29, 0.717) is 11.4 Å². The molecule has 0 fully saturated rings. The summed E-state index contributed by atoms with van der Waals surface area (Å²) in [6.45, 7) is 0. The van der Waals surface area contributed by atoms with Crippen molar-refractivity contribution in [3.05, 3.63) is 86.5 Å². The van der Waals surface area contributed by atoms with Crippen LogP contribution < -0.4 is 21.5 Å². The van der Waals surface area contributed by atoms with Gasteiger partial charge in [0.25, 0.3) is 10.9 Å². The summed E-state index contributed by atoms with van der Waals surface area (Å²) in [5, 5.41) is 12.7. The Kier molecular flexibility index (Phi) is 3.53. The molecule has 0 atom stereocenters. The van der Waals surface area contributed by atoms with E-state index in [1.807, 2.05) is 12.1 Å². The average molecular weight is 292 g/mol. The third kappa shape index (κ3) is 2.52. The first kappa shape index (κ1) is 13.8. The summed E-state index contributed by atoms with van der Waals surface area (Å²) in [5.41, 5.74) is -0.668. The molecule has 0 bridgehead atoms. The second-order valence-corrected chi connectivity index (χ2v) is 4.67. The summed E-state index contributed by atoms with van der Waals surface area (Å²) >= 11 is 0. The van der Waals surface area contributed by atoms with Crippen LogP contribution in [0.1, 0.15) is 0 Å². The van der Waals surface area contributed by atoms with Crippen molar-refractivity contribution in [3.63, 3.8) is 0 Å². The van der Waals surface area contributed by atoms with Gasteiger partial charge in [0.1, 0.15) is 5.69 Å². The van der Waals surface area contributed by atoms with Crippen LogP contribution in [-0.2, 0) is 0 Å². The lowest BCUT2D eigenvalue weighted by atomic mass is 10.3. The van der Waals surface area contributed by atoms with Crippen LogP contribution in [0.4, 0.5) is 17.1 Å². The van der Waals surface area contributed by atoms with Crippen molar-refractivity contribution in [2.24, 2.45) is 4.99 Å². The lowest BCUT2D eigenvalue weighted by Gasteiger charge is -2.02. The fourth-order valence-electron chi connectivity index (χ4n) is 2.07. The highest BCUT2D eigenvalue weighted by molar-refractivity contribution is 5.66. The van der Waals surface area contributed by atoms with Crippen LogP contribution in [0.5, 0.6) is 5.75 Å². The summed E-state index contributed by atoms with van der Waals surface area (Å²) in [6.07, 6.45) is 0. The van der Waals surface area contributed by atoms with Crippen molar-refractivity contribution in [2.45, 2.75) is 0 Å². The van der Waals surface area contributed by atoms with Crippen molar-refractivity contribution in [1.29, 1.82) is 0 Å². The molecule has 108 valence electrons. The zero-order valence-electron chi connectivity index (χ0n) is 11.5. The Morgan fingerprint density at radius 3 is 2.05 bits per heavy atom. The number of rotatable bonds is 3. The fourth-order valence-corrected chi connectivity index (χ4v) is 2.07. The third-order valence-electron chi connectivity index (χ3n) is 3.15. The van der Waals surface area contributed by atoms with Crippen molar-refractivity contribution < 1.29 is 5.11 Å². The second kappa shape index (κ2) is 5.65. The molecule has 5 nitrogen and oxygen atoms in total. The first-order valence-electron chi connectivity index (χ1n) is 6.65. The number of hydrogen-bond acceptors (Lipinski definition) is 5. The predicted octanol–water partition coefficient (Wildman–Crippen LogP) is 1.96. The van der Waals surface area contributed by atoms with Crippen molar-refractivity contribution in [2.75, 3.05) is 5.32 Å². The highest BCUT2D eigenvalue weighted by Gasteiger charge is 2.17. The highest BCUT2D eigenvalue weighted by atomic mass is 16.3. The molecule has 0 unspecified atom stereocenters. The normalized spacial score (nSPS) is 11.5. The first-order valence-corrected chi connectivity index (χ1v) is 6.65. The molecule has 0 aromatic heterocycles. The molecule has 0 heterocycles. The third-order valence-corrected chi connectivity index (χ3v) is 3.15. The minimum absolute atomic E-state index is 0.147. The molecule has 0 amide bonds. The van der Waals surface area contributed by atoms with E-state index >= 15 is 0 Å². The predicted molar refractivity (Wildman–Crippen MR) is 84.4 cm³/mol. The van der Waals surface area contributed by atoms with E-state index in [-0.39, 0.29) is 11.0 Å². The molecule has 5 heteroatoms. The molecule has 0 aliphatic carbocycles. The first-order chi connectivity index (χ1) is 10.7. The van der Waals surface area contributed by atoms with Crippen LogP contribution in [0, 0.1) is 0 Å². The Labute approximate surface area is 125 Å². The SMILES string of the molecule is O=c1c(Nc2ccccc2)c(O)c(=Nc2ccccc2)c1=O. The van der Waals surface area contributed by atoms with Crippen molar-refractivity contribution in [1.82, 2.24) is 0 Å². The van der Waals surface area contributed by atoms with Gasteiger partial charge in [-0.3, -0.25) is 9.59 Å². The number of nitrogens with zero attached hydrogens (tertiary/aromatic N) is 1. The Balaban J connectivity index is 2.12. The molecule has 3 aromatic rings. The van der Waals surface area contributed by atoms with Crippen LogP contribution in [0.15, 0.2) is 75.2 Å². The monoisotopic (exact) mass is 292 g/mol. The van der Waals surface area contributed by atoms with E-state index in [4.69, 9.17) is 0 Å². The largest absolute Gasteiger partial charge is 0.504 e. The van der Waals surface area contributed by atoms with Gasteiger partial charge in [-0.1, -0.05) is 36.4 Å². The smallest absolute Gasteiger partial charge is 0.257 e. The van der Waals surface area contributed by atoms with Gasteiger partial charge in [-0.15, -0.1) is 0 Å². The Morgan fingerprint density at radius 2 is 1.41 bits per heavy atom. The molecule has 0 saturated carbocycles. The van der Waals surface area contributed by atoms with Gasteiger partial charge in [0.2, 0.25) is 0 Å². The zero-order chi connectivity index (χ0) is 15.5. The number of aromatic hydroxyl groups is 1. The molecular weight excluding hydrogens is 280 g/mol. The molecule has 3 aromatic carbocycles. The Morgan fingerprint density at radius 1 is 0.818 bits per heavy atom. The van der Waals surface area contributed by atoms with Gasteiger partial charge in [0.05, 0.1) is 5.69 Å². The summed E-state index contributed by atoms with van der Waals surface area (Å²) in [5.74, 6) is -0.428. The van der Waals surface area contributed by atoms with Crippen LogP contribution in [-0.4, -0.2) is 5.11 Å². The van der Waals surface area contributed by atoms with Crippen LogP contribution >= 0.6 is 0 Å². The maximum absolute atomic E-state index is 12.0. The van der Waals surface area contributed by atoms with Crippen LogP contribution in [0.25, 0.3) is 0 Å². The van der Waals surface area contributed by atoms with E-state index < -0.39 is 16.6 Å². The van der Waals surface area contributed by atoms with Crippen LogP contribution in [0.3, 0.4) is 0 Å². The van der Waals surface area contributed by atoms with Gasteiger partial charge < -0.3 is 10.4 Å². The minimum atomic E-state index is -0.820. The second-order valence-electron chi connectivity index (χ2n) is 4.67. The van der Waals surface area contributed by atoms with E-state index in [9.17, 15) is 14.7 Å². The standard InChI is InChI=1S/C17H12N2O3/c20-15-13(18-11-7-3-1-4-8-11)16(21)17(22)14(15)19-12-9-5-2-6-10-12/h1-10,18,20H. The molecule has 0 radical (unpaired) electrons. The van der Waals surface area contributed by atoms with Gasteiger partial charge in [0.15, 0.2) is 11.1 Å². The molecule has 22 heavy (non-hydrogen) atoms. The minimum Gasteiger partial charge on any atom is -0.504 e. The molecule has 0 saturated heterocycles. The fraction of sp³-hybridized carbons (Fsp3) is 0. The number of para-hydroxylation sites is 2. The van der Waals surface area contributed by atoms with Gasteiger partial charge in [0, 0.05) is 5.69 Å². The van der Waals surface area contributed by atoms with Crippen molar-refractivity contribution in [3.8, 4) is 5.75 Å². The van der Waals surface area contributed by atoms with E-state index in [0.717, 1.165) is 0 Å². The number of nitrogens with one attached hydrogen (secondary N) is 1. The van der Waals surface area contributed by atoms with Crippen LogP contribution in [0.2, 0.25) is 0 Å². The molecule has 0 spiro atoms. The molecule has 0 aliphatic rings. The van der Waals surface area contributed by atoms with E-state index in [1.165, 1.54) is 0 Å². The summed E-state index contributed by atoms with van der Waals surface area (Å²) in [6, 6.07) is 17.5. The molecule has 2 N–H and O–H groups in total. The topological polar surface area (TPSA) is 78.8 Å². The molecule has 3 rings (SSSR count). The van der Waals surface area contributed by atoms with Gasteiger partial charge in [-0.25, -0.2) is 4.99 Å². The summed E-state index contributed by atoms with van der Waals surface area (Å²) < 4.78 is 0. The number of anilines is 2. The van der Waals surface area contributed by atoms with Gasteiger partial charge >= 0.3 is 0 Å². The Bertz CT molecular complexity index is 941. The number of benzene rings is 2. The molecule has 0 aliphatic heterocycles. The molecular formula is C17H12N2O3. The van der Waals surface area contributed by atoms with Gasteiger partial charge in [-0.05, 0) is 24.3 Å². The quantitative estimate of drug-likeness (QED) is 0.723. The maximum atomic E-state index is 12.0. The van der Waals surface area contributed by atoms with Crippen molar-refractivity contribution >= 4 is 17.1 Å². The zero-order valence-corrected chi connectivity index (χ0v) is 11.5. The number of hydrogen-bond donors (Lipinski definition) is 2. The van der Waals surface area contributed by atoms with E-state index in [1.54, 1.807) is 48.5 Å². The van der Waals surface area contributed by atoms with Gasteiger partial charge in [-0.2, -0.15) is 0 Å². The summed E-state index contributed by atoms with van der Waals surface area (Å²) in [7, 11) is 0. The summed E-state index contributed by atoms with van der Waals surface area (Å²) in [4.78, 5) is 28.1. The maximum Gasteiger partial charge on any atom is 0.257 e. The van der Waals surface area contributed by atoms with E-state index in [2.05, 4.69) is 10.3 Å². The highest BCUT2D eigenvalue weighted by Crippen LogP contribution is 2.19. The lowest BCUT2D eigenvalue weighted by molar-refractivity contribution is 0.472. The lowest BCUT2D eigenvalue weighted by Crippen LogP contribution is -2.30. The Hall–Kier alpha value is -3.21.